The summed E-state index contributed by atoms with van der Waals surface area (Å²) in [6, 6.07) is 19.7. The molecule has 1 fully saturated rings. The van der Waals surface area contributed by atoms with E-state index in [0.717, 1.165) is 39.8 Å². The van der Waals surface area contributed by atoms with Gasteiger partial charge in [-0.2, -0.15) is 0 Å². The van der Waals surface area contributed by atoms with Gasteiger partial charge in [0, 0.05) is 12.6 Å². The molecule has 1 saturated heterocycles. The van der Waals surface area contributed by atoms with Crippen LogP contribution in [0.1, 0.15) is 30.5 Å². The van der Waals surface area contributed by atoms with E-state index >= 15 is 0 Å². The summed E-state index contributed by atoms with van der Waals surface area (Å²) in [6.45, 7) is 3.41. The lowest BCUT2D eigenvalue weighted by atomic mass is 9.97. The molecule has 0 aliphatic carbocycles. The molecule has 0 atom stereocenters. The van der Waals surface area contributed by atoms with Crippen LogP contribution in [0.5, 0.6) is 0 Å². The molecule has 0 saturated carbocycles. The van der Waals surface area contributed by atoms with Crippen LogP contribution in [-0.4, -0.2) is 22.4 Å². The Morgan fingerprint density at radius 1 is 0.839 bits per heavy atom. The summed E-state index contributed by atoms with van der Waals surface area (Å²) in [4.78, 5) is 28.4. The Bertz CT molecular complexity index is 1150. The van der Waals surface area contributed by atoms with Crippen molar-refractivity contribution in [2.45, 2.75) is 32.4 Å². The molecule has 1 aliphatic heterocycles. The monoisotopic (exact) mass is 420 g/mol. The number of nitrogens with zero attached hydrogens (tertiary/aromatic N) is 2. The summed E-state index contributed by atoms with van der Waals surface area (Å²) in [5.41, 5.74) is 1.46. The average Bonchev–Trinajstić information content (AvgIpc) is 2.91. The Morgan fingerprint density at radius 2 is 1.48 bits per heavy atom. The SMILES string of the molecule is CC1(C)C(=O)N(c2cc(F)ccc2F)C(=O)N1Cc1ccccc1Cc1ccccc1. The predicted octanol–water partition coefficient (Wildman–Crippen LogP) is 5.30. The van der Waals surface area contributed by atoms with E-state index in [1.54, 1.807) is 13.8 Å². The quantitative estimate of drug-likeness (QED) is 0.526. The largest absolute Gasteiger partial charge is 0.332 e. The van der Waals surface area contributed by atoms with Gasteiger partial charge in [0.15, 0.2) is 0 Å². The first-order valence-corrected chi connectivity index (χ1v) is 10.0. The van der Waals surface area contributed by atoms with Crippen molar-refractivity contribution in [3.8, 4) is 0 Å². The van der Waals surface area contributed by atoms with Crippen LogP contribution >= 0.6 is 0 Å². The van der Waals surface area contributed by atoms with Crippen LogP contribution in [-0.2, 0) is 17.8 Å². The Labute approximate surface area is 179 Å². The lowest BCUT2D eigenvalue weighted by Crippen LogP contribution is -2.43. The third-order valence-corrected chi connectivity index (χ3v) is 5.66. The molecule has 3 aromatic rings. The summed E-state index contributed by atoms with van der Waals surface area (Å²) in [7, 11) is 0. The third-order valence-electron chi connectivity index (χ3n) is 5.66. The first-order chi connectivity index (χ1) is 14.8. The highest BCUT2D eigenvalue weighted by Gasteiger charge is 2.52. The second kappa shape index (κ2) is 7.95. The maximum atomic E-state index is 14.3. The summed E-state index contributed by atoms with van der Waals surface area (Å²) < 4.78 is 28.1. The molecule has 0 aromatic heterocycles. The van der Waals surface area contributed by atoms with Gasteiger partial charge in [0.25, 0.3) is 5.91 Å². The number of halogens is 2. The second-order valence-corrected chi connectivity index (χ2v) is 8.10. The normalized spacial score (nSPS) is 15.6. The van der Waals surface area contributed by atoms with Crippen LogP contribution in [0, 0.1) is 11.6 Å². The smallest absolute Gasteiger partial charge is 0.305 e. The van der Waals surface area contributed by atoms with E-state index in [1.807, 2.05) is 54.6 Å². The van der Waals surface area contributed by atoms with Gasteiger partial charge < -0.3 is 4.90 Å². The fraction of sp³-hybridized carbons (Fsp3) is 0.200. The number of amides is 3. The molecule has 1 heterocycles. The fourth-order valence-electron chi connectivity index (χ4n) is 3.84. The zero-order valence-corrected chi connectivity index (χ0v) is 17.3. The van der Waals surface area contributed by atoms with Crippen LogP contribution in [0.2, 0.25) is 0 Å². The van der Waals surface area contributed by atoms with Crippen molar-refractivity contribution in [2.75, 3.05) is 4.90 Å². The van der Waals surface area contributed by atoms with Gasteiger partial charge in [-0.1, -0.05) is 54.6 Å². The molecule has 3 amide bonds. The number of anilines is 1. The summed E-state index contributed by atoms with van der Waals surface area (Å²) in [5, 5.41) is 0. The maximum absolute atomic E-state index is 14.3. The highest BCUT2D eigenvalue weighted by molar-refractivity contribution is 6.23. The molecule has 4 nitrogen and oxygen atoms in total. The number of carbonyl (C=O) groups is 2. The molecular formula is C25H22F2N2O2. The Kier molecular flexibility index (Phi) is 5.31. The molecule has 0 bridgehead atoms. The molecule has 4 rings (SSSR count). The predicted molar refractivity (Wildman–Crippen MR) is 115 cm³/mol. The molecule has 0 unspecified atom stereocenters. The van der Waals surface area contributed by atoms with Gasteiger partial charge in [-0.15, -0.1) is 0 Å². The van der Waals surface area contributed by atoms with E-state index in [9.17, 15) is 18.4 Å². The van der Waals surface area contributed by atoms with Crippen molar-refractivity contribution < 1.29 is 18.4 Å². The van der Waals surface area contributed by atoms with Crippen molar-refractivity contribution in [2.24, 2.45) is 0 Å². The summed E-state index contributed by atoms with van der Waals surface area (Å²) >= 11 is 0. The van der Waals surface area contributed by atoms with Crippen LogP contribution in [0.25, 0.3) is 0 Å². The van der Waals surface area contributed by atoms with Crippen molar-refractivity contribution in [1.29, 1.82) is 0 Å². The van der Waals surface area contributed by atoms with E-state index in [4.69, 9.17) is 0 Å². The fourth-order valence-corrected chi connectivity index (χ4v) is 3.84. The summed E-state index contributed by atoms with van der Waals surface area (Å²) in [6.07, 6.45) is 0.676. The van der Waals surface area contributed by atoms with E-state index in [2.05, 4.69) is 0 Å². The van der Waals surface area contributed by atoms with Gasteiger partial charge in [-0.25, -0.2) is 18.5 Å². The first-order valence-electron chi connectivity index (χ1n) is 10.0. The van der Waals surface area contributed by atoms with Crippen LogP contribution in [0.4, 0.5) is 19.3 Å². The number of benzene rings is 3. The van der Waals surface area contributed by atoms with Gasteiger partial charge >= 0.3 is 6.03 Å². The molecule has 0 spiro atoms. The first kappa shape index (κ1) is 20.7. The highest BCUT2D eigenvalue weighted by Crippen LogP contribution is 2.35. The standard InChI is InChI=1S/C25H22F2N2O2/c1-25(2)23(30)29(22-15-20(26)12-13-21(22)27)24(31)28(25)16-19-11-7-6-10-18(19)14-17-8-4-3-5-9-17/h3-13,15H,14,16H2,1-2H3. The van der Waals surface area contributed by atoms with Crippen LogP contribution in [0.3, 0.4) is 0 Å². The minimum absolute atomic E-state index is 0.175. The van der Waals surface area contributed by atoms with Crippen LogP contribution < -0.4 is 4.90 Å². The molecular weight excluding hydrogens is 398 g/mol. The zero-order chi connectivity index (χ0) is 22.2. The van der Waals surface area contributed by atoms with Gasteiger partial charge in [-0.3, -0.25) is 4.79 Å². The lowest BCUT2D eigenvalue weighted by Gasteiger charge is -2.28. The molecule has 1 aliphatic rings. The third kappa shape index (κ3) is 3.81. The van der Waals surface area contributed by atoms with E-state index < -0.39 is 29.1 Å². The van der Waals surface area contributed by atoms with Crippen molar-refractivity contribution in [3.05, 3.63) is 101 Å². The molecule has 31 heavy (non-hydrogen) atoms. The molecule has 0 radical (unpaired) electrons. The highest BCUT2D eigenvalue weighted by atomic mass is 19.1. The average molecular weight is 420 g/mol. The number of hydrogen-bond acceptors (Lipinski definition) is 2. The van der Waals surface area contributed by atoms with Crippen molar-refractivity contribution in [3.63, 3.8) is 0 Å². The number of hydrogen-bond donors (Lipinski definition) is 0. The Balaban J connectivity index is 1.67. The summed E-state index contributed by atoms with van der Waals surface area (Å²) in [5.74, 6) is -2.14. The van der Waals surface area contributed by atoms with Gasteiger partial charge in [0.05, 0.1) is 5.69 Å². The molecule has 158 valence electrons. The van der Waals surface area contributed by atoms with Gasteiger partial charge in [0.2, 0.25) is 0 Å². The van der Waals surface area contributed by atoms with Crippen molar-refractivity contribution in [1.82, 2.24) is 4.90 Å². The molecule has 6 heteroatoms. The lowest BCUT2D eigenvalue weighted by molar-refractivity contribution is -0.123. The minimum atomic E-state index is -1.21. The molecule has 3 aromatic carbocycles. The number of rotatable bonds is 5. The number of carbonyl (C=O) groups excluding carboxylic acids is 2. The second-order valence-electron chi connectivity index (χ2n) is 8.10. The minimum Gasteiger partial charge on any atom is -0.305 e. The van der Waals surface area contributed by atoms with Crippen LogP contribution in [0.15, 0.2) is 72.8 Å². The Morgan fingerprint density at radius 3 is 2.19 bits per heavy atom. The van der Waals surface area contributed by atoms with Gasteiger partial charge in [-0.05, 0) is 49.1 Å². The van der Waals surface area contributed by atoms with Gasteiger partial charge in [0.1, 0.15) is 17.2 Å². The number of urea groups is 1. The van der Waals surface area contributed by atoms with Crippen molar-refractivity contribution >= 4 is 17.6 Å². The van der Waals surface area contributed by atoms with E-state index in [0.29, 0.717) is 6.42 Å². The molecule has 0 N–H and O–H groups in total. The van der Waals surface area contributed by atoms with E-state index in [-0.39, 0.29) is 12.2 Å². The maximum Gasteiger partial charge on any atom is 0.332 e. The number of imide groups is 1. The zero-order valence-electron chi connectivity index (χ0n) is 17.3. The topological polar surface area (TPSA) is 40.6 Å². The Hall–Kier alpha value is -3.54. The van der Waals surface area contributed by atoms with E-state index in [1.165, 1.54) is 4.90 Å².